The largest absolute Gasteiger partial charge is 0.477 e. The third-order valence-electron chi connectivity index (χ3n) is 2.41. The van der Waals surface area contributed by atoms with Crippen molar-refractivity contribution in [1.82, 2.24) is 9.55 Å². The van der Waals surface area contributed by atoms with Crippen molar-refractivity contribution in [3.05, 3.63) is 48.3 Å². The summed E-state index contributed by atoms with van der Waals surface area (Å²) in [7, 11) is 0. The molecule has 0 bridgehead atoms. The first kappa shape index (κ1) is 12.7. The van der Waals surface area contributed by atoms with E-state index in [0.29, 0.717) is 0 Å². The van der Waals surface area contributed by atoms with Gasteiger partial charge in [0.25, 0.3) is 0 Å². The lowest BCUT2D eigenvalue weighted by atomic mass is 10.3. The van der Waals surface area contributed by atoms with E-state index in [4.69, 9.17) is 5.11 Å². The number of anilines is 1. The molecule has 2 aromatic heterocycles. The minimum absolute atomic E-state index is 0.00373. The molecule has 2 aromatic rings. The molecule has 0 spiro atoms. The molecular weight excluding hydrogens is 253 g/mol. The number of halogens is 1. The van der Waals surface area contributed by atoms with Crippen molar-refractivity contribution in [2.24, 2.45) is 0 Å². The Hall–Kier alpha value is -2.70. The highest BCUT2D eigenvalue weighted by molar-refractivity contribution is 5.92. The second-order valence-corrected chi connectivity index (χ2v) is 3.73. The molecule has 2 rings (SSSR count). The van der Waals surface area contributed by atoms with Gasteiger partial charge < -0.3 is 15.0 Å². The standard InChI is InChI=1S/C12H10FN3O3/c13-8-6-14-4-3-9(8)15-11(17)7-16-5-1-2-10(16)12(18)19/h1-6H,7H2,(H,18,19)(H,14,15,17). The third kappa shape index (κ3) is 2.95. The Morgan fingerprint density at radius 1 is 1.42 bits per heavy atom. The SMILES string of the molecule is O=C(Cn1cccc1C(=O)O)Nc1ccncc1F. The van der Waals surface area contributed by atoms with Crippen molar-refractivity contribution in [2.45, 2.75) is 6.54 Å². The van der Waals surface area contributed by atoms with Crippen molar-refractivity contribution < 1.29 is 19.1 Å². The fraction of sp³-hybridized carbons (Fsp3) is 0.0833. The highest BCUT2D eigenvalue weighted by Gasteiger charge is 2.12. The van der Waals surface area contributed by atoms with Gasteiger partial charge in [-0.3, -0.25) is 9.78 Å². The van der Waals surface area contributed by atoms with Crippen LogP contribution in [0, 0.1) is 5.82 Å². The Morgan fingerprint density at radius 3 is 2.89 bits per heavy atom. The molecule has 0 aliphatic rings. The zero-order chi connectivity index (χ0) is 13.8. The molecule has 0 unspecified atom stereocenters. The van der Waals surface area contributed by atoms with Gasteiger partial charge in [-0.2, -0.15) is 0 Å². The Bertz CT molecular complexity index is 624. The Kier molecular flexibility index (Phi) is 3.56. The number of hydrogen-bond acceptors (Lipinski definition) is 3. The minimum atomic E-state index is -1.13. The molecule has 0 radical (unpaired) electrons. The molecule has 0 aromatic carbocycles. The van der Waals surface area contributed by atoms with E-state index >= 15 is 0 Å². The topological polar surface area (TPSA) is 84.2 Å². The maximum Gasteiger partial charge on any atom is 0.352 e. The Balaban J connectivity index is 2.08. The van der Waals surface area contributed by atoms with Crippen molar-refractivity contribution >= 4 is 17.6 Å². The number of nitrogens with one attached hydrogen (secondary N) is 1. The van der Waals surface area contributed by atoms with Gasteiger partial charge in [0.2, 0.25) is 5.91 Å². The Morgan fingerprint density at radius 2 is 2.21 bits per heavy atom. The van der Waals surface area contributed by atoms with Crippen LogP contribution in [0.5, 0.6) is 0 Å². The van der Waals surface area contributed by atoms with Gasteiger partial charge in [-0.25, -0.2) is 9.18 Å². The lowest BCUT2D eigenvalue weighted by molar-refractivity contribution is -0.116. The van der Waals surface area contributed by atoms with Crippen LogP contribution in [0.1, 0.15) is 10.5 Å². The van der Waals surface area contributed by atoms with Crippen LogP contribution >= 0.6 is 0 Å². The fourth-order valence-corrected chi connectivity index (χ4v) is 1.57. The molecule has 0 aliphatic carbocycles. The normalized spacial score (nSPS) is 10.2. The Labute approximate surface area is 107 Å². The maximum absolute atomic E-state index is 13.3. The van der Waals surface area contributed by atoms with Gasteiger partial charge in [0.15, 0.2) is 5.82 Å². The van der Waals surface area contributed by atoms with Crippen LogP contribution in [-0.2, 0) is 11.3 Å². The van der Waals surface area contributed by atoms with Crippen molar-refractivity contribution in [3.8, 4) is 0 Å². The first-order valence-corrected chi connectivity index (χ1v) is 5.35. The van der Waals surface area contributed by atoms with Crippen LogP contribution in [0.15, 0.2) is 36.8 Å². The third-order valence-corrected chi connectivity index (χ3v) is 2.41. The molecular formula is C12H10FN3O3. The fourth-order valence-electron chi connectivity index (χ4n) is 1.57. The highest BCUT2D eigenvalue weighted by Crippen LogP contribution is 2.11. The van der Waals surface area contributed by atoms with E-state index in [2.05, 4.69) is 10.3 Å². The van der Waals surface area contributed by atoms with E-state index in [9.17, 15) is 14.0 Å². The monoisotopic (exact) mass is 263 g/mol. The van der Waals surface area contributed by atoms with Gasteiger partial charge in [0.05, 0.1) is 11.9 Å². The van der Waals surface area contributed by atoms with E-state index in [1.807, 2.05) is 0 Å². The number of carbonyl (C=O) groups excluding carboxylic acids is 1. The predicted molar refractivity (Wildman–Crippen MR) is 64.2 cm³/mol. The summed E-state index contributed by atoms with van der Waals surface area (Å²) in [6.07, 6.45) is 3.79. The van der Waals surface area contributed by atoms with Crippen molar-refractivity contribution in [1.29, 1.82) is 0 Å². The predicted octanol–water partition coefficient (Wildman–Crippen LogP) is 1.36. The maximum atomic E-state index is 13.3. The zero-order valence-corrected chi connectivity index (χ0v) is 9.71. The average molecular weight is 263 g/mol. The van der Waals surface area contributed by atoms with Crippen LogP contribution < -0.4 is 5.32 Å². The molecule has 0 saturated carbocycles. The van der Waals surface area contributed by atoms with Gasteiger partial charge in [0.1, 0.15) is 12.2 Å². The van der Waals surface area contributed by atoms with Crippen molar-refractivity contribution in [3.63, 3.8) is 0 Å². The zero-order valence-electron chi connectivity index (χ0n) is 9.71. The molecule has 0 saturated heterocycles. The second kappa shape index (κ2) is 5.30. The summed E-state index contributed by atoms with van der Waals surface area (Å²) in [5.41, 5.74) is -0.00520. The molecule has 0 fully saturated rings. The minimum Gasteiger partial charge on any atom is -0.477 e. The molecule has 19 heavy (non-hydrogen) atoms. The quantitative estimate of drug-likeness (QED) is 0.872. The van der Waals surface area contributed by atoms with Gasteiger partial charge in [-0.15, -0.1) is 0 Å². The first-order chi connectivity index (χ1) is 9.08. The van der Waals surface area contributed by atoms with Crippen LogP contribution in [0.4, 0.5) is 10.1 Å². The number of amides is 1. The lowest BCUT2D eigenvalue weighted by Crippen LogP contribution is -2.21. The van der Waals surface area contributed by atoms with Gasteiger partial charge in [-0.05, 0) is 18.2 Å². The molecule has 0 aliphatic heterocycles. The molecule has 2 N–H and O–H groups in total. The number of carbonyl (C=O) groups is 2. The summed E-state index contributed by atoms with van der Waals surface area (Å²) in [4.78, 5) is 26.1. The van der Waals surface area contributed by atoms with Crippen LogP contribution in [0.3, 0.4) is 0 Å². The van der Waals surface area contributed by atoms with E-state index in [-0.39, 0.29) is 17.9 Å². The van der Waals surface area contributed by atoms with E-state index in [0.717, 1.165) is 6.20 Å². The lowest BCUT2D eigenvalue weighted by Gasteiger charge is -2.08. The summed E-state index contributed by atoms with van der Waals surface area (Å²) in [5.74, 6) is -2.31. The number of carboxylic acid groups (broad SMARTS) is 1. The number of aromatic carboxylic acids is 1. The number of aromatic nitrogens is 2. The second-order valence-electron chi connectivity index (χ2n) is 3.73. The number of hydrogen-bond donors (Lipinski definition) is 2. The molecule has 2 heterocycles. The summed E-state index contributed by atoms with van der Waals surface area (Å²) in [6, 6.07) is 4.22. The van der Waals surface area contributed by atoms with Crippen LogP contribution in [0.2, 0.25) is 0 Å². The van der Waals surface area contributed by atoms with Gasteiger partial charge in [-0.1, -0.05) is 0 Å². The number of carboxylic acids is 1. The number of pyridine rings is 1. The van der Waals surface area contributed by atoms with Crippen molar-refractivity contribution in [2.75, 3.05) is 5.32 Å². The summed E-state index contributed by atoms with van der Waals surface area (Å²) in [5, 5.41) is 11.2. The summed E-state index contributed by atoms with van der Waals surface area (Å²) in [6.45, 7) is -0.212. The van der Waals surface area contributed by atoms with Crippen LogP contribution in [-0.4, -0.2) is 26.5 Å². The molecule has 6 nitrogen and oxygen atoms in total. The molecule has 0 atom stereocenters. The molecule has 1 amide bonds. The van der Waals surface area contributed by atoms with Gasteiger partial charge >= 0.3 is 5.97 Å². The first-order valence-electron chi connectivity index (χ1n) is 5.35. The molecule has 7 heteroatoms. The van der Waals surface area contributed by atoms with Gasteiger partial charge in [0, 0.05) is 12.4 Å². The molecule has 98 valence electrons. The average Bonchev–Trinajstić information content (AvgIpc) is 2.80. The van der Waals surface area contributed by atoms with E-state index in [1.54, 1.807) is 0 Å². The highest BCUT2D eigenvalue weighted by atomic mass is 19.1. The summed E-state index contributed by atoms with van der Waals surface area (Å²) < 4.78 is 14.5. The number of rotatable bonds is 4. The van der Waals surface area contributed by atoms with E-state index in [1.165, 1.54) is 35.2 Å². The smallest absolute Gasteiger partial charge is 0.352 e. The number of nitrogens with zero attached hydrogens (tertiary/aromatic N) is 2. The van der Waals surface area contributed by atoms with E-state index < -0.39 is 17.7 Å². The van der Waals surface area contributed by atoms with Crippen LogP contribution in [0.25, 0.3) is 0 Å². The summed E-state index contributed by atoms with van der Waals surface area (Å²) >= 11 is 0.